The number of likely N-dealkylation sites (N-methyl/N-ethyl adjacent to an activating group) is 1. The van der Waals surface area contributed by atoms with Crippen LogP contribution in [0.2, 0.25) is 0 Å². The van der Waals surface area contributed by atoms with Crippen molar-refractivity contribution in [2.45, 2.75) is 26.4 Å². The van der Waals surface area contributed by atoms with Crippen molar-refractivity contribution in [2.24, 2.45) is 0 Å². The Morgan fingerprint density at radius 3 is 2.69 bits per heavy atom. The number of morpholine rings is 1. The number of phenolic OH excluding ortho intramolecular Hbond substituents is 1. The Kier molecular flexibility index (Phi) is 5.72. The van der Waals surface area contributed by atoms with Gasteiger partial charge in [0.1, 0.15) is 11.4 Å². The lowest BCUT2D eigenvalue weighted by Crippen LogP contribution is -2.59. The summed E-state index contributed by atoms with van der Waals surface area (Å²) < 4.78 is 12.1. The minimum Gasteiger partial charge on any atom is -0.507 e. The van der Waals surface area contributed by atoms with E-state index in [9.17, 15) is 5.11 Å². The minimum absolute atomic E-state index is 0.241. The molecule has 1 N–H and O–H groups in total. The lowest BCUT2D eigenvalue weighted by Gasteiger charge is -2.43. The van der Waals surface area contributed by atoms with Crippen molar-refractivity contribution in [3.63, 3.8) is 0 Å². The number of aryl methyl sites for hydroxylation is 2. The molecule has 0 saturated carbocycles. The van der Waals surface area contributed by atoms with Crippen LogP contribution in [0, 0.1) is 13.8 Å². The fourth-order valence-corrected chi connectivity index (χ4v) is 4.38. The average Bonchev–Trinajstić information content (AvgIpc) is 2.90. The van der Waals surface area contributed by atoms with Gasteiger partial charge in [-0.25, -0.2) is 0 Å². The highest BCUT2D eigenvalue weighted by Gasteiger charge is 2.40. The number of anilines is 1. The van der Waals surface area contributed by atoms with E-state index < -0.39 is 0 Å². The third-order valence-corrected chi connectivity index (χ3v) is 5.81. The third kappa shape index (κ3) is 4.22. The highest BCUT2D eigenvalue weighted by atomic mass is 16.5. The molecule has 2 aliphatic heterocycles. The monoisotopic (exact) mass is 398 g/mol. The second-order valence-corrected chi connectivity index (χ2v) is 8.13. The summed E-state index contributed by atoms with van der Waals surface area (Å²) in [5.74, 6) is 1.07. The van der Waals surface area contributed by atoms with E-state index in [4.69, 9.17) is 9.47 Å². The Morgan fingerprint density at radius 2 is 1.97 bits per heavy atom. The summed E-state index contributed by atoms with van der Waals surface area (Å²) >= 11 is 0. The first-order valence-corrected chi connectivity index (χ1v) is 10.3. The minimum atomic E-state index is -0.336. The van der Waals surface area contributed by atoms with E-state index in [0.717, 1.165) is 61.8 Å². The topological polar surface area (TPSA) is 71.0 Å². The Balaban J connectivity index is 1.55. The lowest BCUT2D eigenvalue weighted by molar-refractivity contribution is -0.0994. The van der Waals surface area contributed by atoms with Gasteiger partial charge in [0.2, 0.25) is 0 Å². The fourth-order valence-electron chi connectivity index (χ4n) is 4.38. The largest absolute Gasteiger partial charge is 0.507 e. The molecule has 1 atom stereocenters. The molecule has 0 radical (unpaired) electrons. The molecule has 1 spiro atoms. The molecule has 4 rings (SSSR count). The van der Waals surface area contributed by atoms with Crippen molar-refractivity contribution < 1.29 is 14.6 Å². The van der Waals surface area contributed by atoms with Crippen molar-refractivity contribution >= 4 is 5.82 Å². The number of hydrogen-bond acceptors (Lipinski definition) is 7. The van der Waals surface area contributed by atoms with Gasteiger partial charge in [0, 0.05) is 25.2 Å². The van der Waals surface area contributed by atoms with E-state index in [0.29, 0.717) is 18.9 Å². The predicted octanol–water partition coefficient (Wildman–Crippen LogP) is 2.39. The van der Waals surface area contributed by atoms with Crippen molar-refractivity contribution in [3.8, 4) is 17.0 Å². The Labute approximate surface area is 172 Å². The number of benzene rings is 1. The van der Waals surface area contributed by atoms with E-state index in [-0.39, 0.29) is 11.4 Å². The van der Waals surface area contributed by atoms with Gasteiger partial charge in [-0.1, -0.05) is 13.0 Å². The molecule has 7 heteroatoms. The van der Waals surface area contributed by atoms with Gasteiger partial charge in [0.15, 0.2) is 5.82 Å². The number of phenols is 1. The maximum atomic E-state index is 10.4. The first-order chi connectivity index (χ1) is 14.0. The van der Waals surface area contributed by atoms with Crippen molar-refractivity contribution in [1.29, 1.82) is 0 Å². The first kappa shape index (κ1) is 20.1. The Bertz CT molecular complexity index is 835. The van der Waals surface area contributed by atoms with Crippen LogP contribution in [0.25, 0.3) is 11.3 Å². The van der Waals surface area contributed by atoms with Crippen LogP contribution in [-0.2, 0) is 9.47 Å². The molecule has 1 aromatic heterocycles. The van der Waals surface area contributed by atoms with Gasteiger partial charge in [0.05, 0.1) is 32.1 Å². The summed E-state index contributed by atoms with van der Waals surface area (Å²) in [6, 6.07) is 7.72. The number of hydrogen-bond donors (Lipinski definition) is 1. The zero-order valence-corrected chi connectivity index (χ0v) is 17.5. The van der Waals surface area contributed by atoms with Crippen LogP contribution >= 0.6 is 0 Å². The third-order valence-electron chi connectivity index (χ3n) is 5.81. The molecule has 0 amide bonds. The van der Waals surface area contributed by atoms with E-state index in [1.807, 2.05) is 32.0 Å². The SMILES string of the molecule is CCN1CCOCC2(C1)CN(c1ccc(-c3c(C)cc(C)cc3O)nn1)CCO2. The second-order valence-electron chi connectivity index (χ2n) is 8.13. The van der Waals surface area contributed by atoms with Gasteiger partial charge in [-0.15, -0.1) is 10.2 Å². The summed E-state index contributed by atoms with van der Waals surface area (Å²) in [5.41, 5.74) is 3.10. The van der Waals surface area contributed by atoms with Gasteiger partial charge >= 0.3 is 0 Å². The van der Waals surface area contributed by atoms with E-state index in [1.54, 1.807) is 6.07 Å². The van der Waals surface area contributed by atoms with Crippen LogP contribution in [0.4, 0.5) is 5.82 Å². The van der Waals surface area contributed by atoms with Crippen LogP contribution in [0.3, 0.4) is 0 Å². The Morgan fingerprint density at radius 1 is 1.10 bits per heavy atom. The molecule has 7 nitrogen and oxygen atoms in total. The van der Waals surface area contributed by atoms with Gasteiger partial charge in [-0.2, -0.15) is 0 Å². The maximum Gasteiger partial charge on any atom is 0.151 e. The fraction of sp³-hybridized carbons (Fsp3) is 0.545. The molecule has 0 bridgehead atoms. The predicted molar refractivity (Wildman–Crippen MR) is 112 cm³/mol. The molecule has 1 unspecified atom stereocenters. The van der Waals surface area contributed by atoms with Crippen LogP contribution in [0.1, 0.15) is 18.1 Å². The molecule has 0 aliphatic carbocycles. The van der Waals surface area contributed by atoms with Gasteiger partial charge in [0.25, 0.3) is 0 Å². The highest BCUT2D eigenvalue weighted by Crippen LogP contribution is 2.33. The average molecular weight is 399 g/mol. The molecular weight excluding hydrogens is 368 g/mol. The zero-order valence-electron chi connectivity index (χ0n) is 17.5. The lowest BCUT2D eigenvalue weighted by atomic mass is 10.0. The van der Waals surface area contributed by atoms with Crippen LogP contribution in [0.5, 0.6) is 5.75 Å². The zero-order chi connectivity index (χ0) is 20.4. The summed E-state index contributed by atoms with van der Waals surface area (Å²) in [7, 11) is 0. The highest BCUT2D eigenvalue weighted by molar-refractivity contribution is 5.71. The maximum absolute atomic E-state index is 10.4. The number of aromatic hydroxyl groups is 1. The summed E-state index contributed by atoms with van der Waals surface area (Å²) in [5, 5.41) is 19.3. The standard InChI is InChI=1S/C22H30N4O3/c1-4-25-7-9-28-15-22(13-25)14-26(8-10-29-22)20-6-5-18(23-24-20)21-17(3)11-16(2)12-19(21)27/h5-6,11-12,27H,4,7-10,13-15H2,1-3H3. The van der Waals surface area contributed by atoms with Gasteiger partial charge in [-0.05, 0) is 49.7 Å². The van der Waals surface area contributed by atoms with Crippen LogP contribution in [-0.4, -0.2) is 78.3 Å². The van der Waals surface area contributed by atoms with Crippen LogP contribution < -0.4 is 4.90 Å². The van der Waals surface area contributed by atoms with Crippen molar-refractivity contribution in [1.82, 2.24) is 15.1 Å². The number of nitrogens with zero attached hydrogens (tertiary/aromatic N) is 4. The number of aromatic nitrogens is 2. The second kappa shape index (κ2) is 8.26. The molecule has 2 saturated heterocycles. The van der Waals surface area contributed by atoms with E-state index in [1.165, 1.54) is 0 Å². The van der Waals surface area contributed by atoms with Gasteiger partial charge in [-0.3, -0.25) is 4.90 Å². The molecule has 1 aromatic carbocycles. The number of ether oxygens (including phenoxy) is 2. The molecule has 156 valence electrons. The van der Waals surface area contributed by atoms with E-state index in [2.05, 4.69) is 26.9 Å². The summed E-state index contributed by atoms with van der Waals surface area (Å²) in [6.45, 7) is 12.4. The normalized spacial score (nSPS) is 23.3. The molecule has 2 fully saturated rings. The molecule has 2 aromatic rings. The molecular formula is C22H30N4O3. The summed E-state index contributed by atoms with van der Waals surface area (Å²) in [6.07, 6.45) is 0. The van der Waals surface area contributed by atoms with Crippen LogP contribution in [0.15, 0.2) is 24.3 Å². The summed E-state index contributed by atoms with van der Waals surface area (Å²) in [4.78, 5) is 4.61. The first-order valence-electron chi connectivity index (χ1n) is 10.3. The molecule has 29 heavy (non-hydrogen) atoms. The van der Waals surface area contributed by atoms with Gasteiger partial charge < -0.3 is 19.5 Å². The van der Waals surface area contributed by atoms with E-state index >= 15 is 0 Å². The van der Waals surface area contributed by atoms with Crippen molar-refractivity contribution in [3.05, 3.63) is 35.4 Å². The van der Waals surface area contributed by atoms with Crippen molar-refractivity contribution in [2.75, 3.05) is 57.4 Å². The smallest absolute Gasteiger partial charge is 0.151 e. The quantitative estimate of drug-likeness (QED) is 0.851. The molecule has 3 heterocycles. The number of rotatable bonds is 3. The molecule has 2 aliphatic rings. The Hall–Kier alpha value is -2.22.